The number of hydrogen-bond donors (Lipinski definition) is 0. The second-order valence-corrected chi connectivity index (χ2v) is 9.23. The summed E-state index contributed by atoms with van der Waals surface area (Å²) in [5.41, 5.74) is 2.48. The number of nitrogens with zero attached hydrogens (tertiary/aromatic N) is 3. The van der Waals surface area contributed by atoms with E-state index in [1.54, 1.807) is 0 Å². The summed E-state index contributed by atoms with van der Waals surface area (Å²) >= 11 is 8.13. The van der Waals surface area contributed by atoms with Crippen LogP contribution in [0.5, 0.6) is 0 Å². The molecule has 0 aliphatic carbocycles. The number of carbonyl (C=O) groups excluding carboxylic acids is 1. The predicted molar refractivity (Wildman–Crippen MR) is 123 cm³/mol. The molecule has 0 spiro atoms. The van der Waals surface area contributed by atoms with Crippen molar-refractivity contribution in [1.82, 2.24) is 9.80 Å². The van der Waals surface area contributed by atoms with Gasteiger partial charge in [-0.15, -0.1) is 0 Å². The number of carbonyl (C=O) groups is 1. The first kappa shape index (κ1) is 21.5. The smallest absolute Gasteiger partial charge is 0.302 e. The molecule has 0 amide bonds. The van der Waals surface area contributed by atoms with Crippen molar-refractivity contribution in [2.75, 3.05) is 57.3 Å². The average molecular weight is 446 g/mol. The summed E-state index contributed by atoms with van der Waals surface area (Å²) in [7, 11) is 0. The minimum Gasteiger partial charge on any atom is -0.465 e. The molecule has 2 aromatic carbocycles. The minimum absolute atomic E-state index is 0.200. The van der Waals surface area contributed by atoms with Crippen LogP contribution in [0.1, 0.15) is 13.3 Å². The monoisotopic (exact) mass is 445 g/mol. The third-order valence-corrected chi connectivity index (χ3v) is 6.99. The normalized spacial score (nSPS) is 16.8. The lowest BCUT2D eigenvalue weighted by atomic mass is 10.2. The van der Waals surface area contributed by atoms with Gasteiger partial charge in [-0.05, 0) is 43.3 Å². The first-order valence-electron chi connectivity index (χ1n) is 10.5. The highest BCUT2D eigenvalue weighted by molar-refractivity contribution is 7.99. The van der Waals surface area contributed by atoms with E-state index in [0.717, 1.165) is 57.3 Å². The van der Waals surface area contributed by atoms with E-state index in [1.807, 2.05) is 17.8 Å². The second kappa shape index (κ2) is 10.1. The largest absolute Gasteiger partial charge is 0.465 e. The maximum absolute atomic E-state index is 10.9. The van der Waals surface area contributed by atoms with Crippen LogP contribution in [0, 0.1) is 0 Å². The highest BCUT2D eigenvalue weighted by atomic mass is 35.5. The van der Waals surface area contributed by atoms with Crippen molar-refractivity contribution in [1.29, 1.82) is 0 Å². The van der Waals surface area contributed by atoms with Gasteiger partial charge in [-0.1, -0.05) is 35.5 Å². The van der Waals surface area contributed by atoms with Gasteiger partial charge in [-0.3, -0.25) is 9.69 Å². The van der Waals surface area contributed by atoms with Crippen molar-refractivity contribution >= 4 is 40.7 Å². The van der Waals surface area contributed by atoms with E-state index < -0.39 is 0 Å². The van der Waals surface area contributed by atoms with E-state index in [1.165, 1.54) is 28.1 Å². The Balaban J connectivity index is 1.31. The van der Waals surface area contributed by atoms with Crippen molar-refractivity contribution in [2.45, 2.75) is 23.1 Å². The van der Waals surface area contributed by atoms with Crippen molar-refractivity contribution in [2.24, 2.45) is 0 Å². The Labute approximate surface area is 187 Å². The predicted octanol–water partition coefficient (Wildman–Crippen LogP) is 4.51. The highest BCUT2D eigenvalue weighted by Crippen LogP contribution is 2.48. The Kier molecular flexibility index (Phi) is 7.20. The molecule has 1 fully saturated rings. The minimum atomic E-state index is -0.200. The summed E-state index contributed by atoms with van der Waals surface area (Å²) in [5.74, 6) is -0.200. The van der Waals surface area contributed by atoms with Gasteiger partial charge in [0.05, 0.1) is 11.4 Å². The Morgan fingerprint density at radius 2 is 1.67 bits per heavy atom. The van der Waals surface area contributed by atoms with Gasteiger partial charge in [0, 0.05) is 61.0 Å². The lowest BCUT2D eigenvalue weighted by molar-refractivity contribution is -0.141. The number of rotatable bonds is 7. The summed E-state index contributed by atoms with van der Waals surface area (Å²) in [6.07, 6.45) is 1.10. The van der Waals surface area contributed by atoms with Crippen LogP contribution >= 0.6 is 23.4 Å². The molecule has 0 aromatic heterocycles. The van der Waals surface area contributed by atoms with Crippen molar-refractivity contribution in [3.05, 3.63) is 47.5 Å². The molecule has 0 bridgehead atoms. The molecular formula is C23H28ClN3O2S. The van der Waals surface area contributed by atoms with Crippen LogP contribution in [-0.2, 0) is 9.53 Å². The van der Waals surface area contributed by atoms with Gasteiger partial charge in [-0.2, -0.15) is 0 Å². The van der Waals surface area contributed by atoms with E-state index in [-0.39, 0.29) is 5.97 Å². The molecule has 2 aliphatic rings. The molecule has 2 heterocycles. The fraction of sp³-hybridized carbons (Fsp3) is 0.435. The topological polar surface area (TPSA) is 36.0 Å². The molecule has 7 heteroatoms. The summed E-state index contributed by atoms with van der Waals surface area (Å²) < 4.78 is 5.06. The second-order valence-electron chi connectivity index (χ2n) is 7.71. The van der Waals surface area contributed by atoms with Gasteiger partial charge in [0.1, 0.15) is 6.61 Å². The quantitative estimate of drug-likeness (QED) is 0.583. The summed E-state index contributed by atoms with van der Waals surface area (Å²) in [4.78, 5) is 20.8. The van der Waals surface area contributed by atoms with E-state index in [4.69, 9.17) is 16.3 Å². The molecule has 0 unspecified atom stereocenters. The van der Waals surface area contributed by atoms with Crippen LogP contribution in [0.2, 0.25) is 5.02 Å². The zero-order valence-electron chi connectivity index (χ0n) is 17.3. The van der Waals surface area contributed by atoms with Gasteiger partial charge in [-0.25, -0.2) is 0 Å². The van der Waals surface area contributed by atoms with E-state index in [2.05, 4.69) is 51.1 Å². The molecule has 0 radical (unpaired) electrons. The lowest BCUT2D eigenvalue weighted by Crippen LogP contribution is -2.47. The number of fused-ring (bicyclic) bond motifs is 2. The van der Waals surface area contributed by atoms with Crippen LogP contribution in [0.4, 0.5) is 11.4 Å². The fourth-order valence-electron chi connectivity index (χ4n) is 4.05. The lowest BCUT2D eigenvalue weighted by Gasteiger charge is -2.36. The van der Waals surface area contributed by atoms with Crippen LogP contribution in [0.3, 0.4) is 0 Å². The van der Waals surface area contributed by atoms with Gasteiger partial charge in [0.25, 0.3) is 0 Å². The standard InChI is InChI=1S/C23H28ClN3O2S/c1-18(28)29-16-15-26-13-11-25(12-14-26)9-4-10-27-20-5-2-3-6-22(20)30-23-8-7-19(24)17-21(23)27/h2-3,5-8,17H,4,9-16H2,1H3. The third-order valence-electron chi connectivity index (χ3n) is 5.62. The maximum Gasteiger partial charge on any atom is 0.302 e. The molecule has 0 atom stereocenters. The number of para-hydroxylation sites is 1. The number of hydrogen-bond acceptors (Lipinski definition) is 6. The number of ether oxygens (including phenoxy) is 1. The molecule has 160 valence electrons. The van der Waals surface area contributed by atoms with Crippen molar-refractivity contribution in [3.63, 3.8) is 0 Å². The summed E-state index contributed by atoms with van der Waals surface area (Å²) in [6, 6.07) is 14.8. The van der Waals surface area contributed by atoms with Gasteiger partial charge in [0.2, 0.25) is 0 Å². The first-order valence-corrected chi connectivity index (χ1v) is 11.7. The Morgan fingerprint density at radius 3 is 2.43 bits per heavy atom. The van der Waals surface area contributed by atoms with E-state index in [0.29, 0.717) is 6.61 Å². The van der Waals surface area contributed by atoms with E-state index >= 15 is 0 Å². The number of piperazine rings is 1. The molecule has 30 heavy (non-hydrogen) atoms. The zero-order chi connectivity index (χ0) is 20.9. The number of esters is 1. The number of anilines is 2. The number of halogens is 1. The molecule has 0 saturated carbocycles. The van der Waals surface area contributed by atoms with Crippen LogP contribution in [0.25, 0.3) is 0 Å². The molecule has 5 nitrogen and oxygen atoms in total. The van der Waals surface area contributed by atoms with Crippen molar-refractivity contribution < 1.29 is 9.53 Å². The third kappa shape index (κ3) is 5.30. The van der Waals surface area contributed by atoms with Gasteiger partial charge in [0.15, 0.2) is 0 Å². The SMILES string of the molecule is CC(=O)OCCN1CCN(CCCN2c3ccccc3Sc3ccc(Cl)cc32)CC1. The average Bonchev–Trinajstić information content (AvgIpc) is 2.74. The number of benzene rings is 2. The maximum atomic E-state index is 10.9. The van der Waals surface area contributed by atoms with E-state index in [9.17, 15) is 4.79 Å². The Bertz CT molecular complexity index is 887. The van der Waals surface area contributed by atoms with Gasteiger partial charge < -0.3 is 14.5 Å². The highest BCUT2D eigenvalue weighted by Gasteiger charge is 2.24. The van der Waals surface area contributed by atoms with Crippen LogP contribution in [0.15, 0.2) is 52.3 Å². The van der Waals surface area contributed by atoms with Crippen LogP contribution < -0.4 is 4.90 Å². The molecule has 2 aliphatic heterocycles. The van der Waals surface area contributed by atoms with Crippen LogP contribution in [-0.4, -0.2) is 68.2 Å². The Hall–Kier alpha value is -1.73. The molecule has 4 rings (SSSR count). The van der Waals surface area contributed by atoms with Gasteiger partial charge >= 0.3 is 5.97 Å². The fourth-order valence-corrected chi connectivity index (χ4v) is 5.29. The molecular weight excluding hydrogens is 418 g/mol. The molecule has 1 saturated heterocycles. The summed E-state index contributed by atoms with van der Waals surface area (Å²) in [5, 5.41) is 0.781. The molecule has 2 aromatic rings. The zero-order valence-corrected chi connectivity index (χ0v) is 18.9. The first-order chi connectivity index (χ1) is 14.6. The van der Waals surface area contributed by atoms with Crippen molar-refractivity contribution in [3.8, 4) is 0 Å². The summed E-state index contributed by atoms with van der Waals surface area (Å²) in [6.45, 7) is 9.02. The Morgan fingerprint density at radius 1 is 0.967 bits per heavy atom. The molecule has 0 N–H and O–H groups in total.